The van der Waals surface area contributed by atoms with Crippen LogP contribution in [0, 0.1) is 6.92 Å². The molecule has 4 rings (SSSR count). The lowest BCUT2D eigenvalue weighted by atomic mass is 9.98. The summed E-state index contributed by atoms with van der Waals surface area (Å²) < 4.78 is 7.02. The van der Waals surface area contributed by atoms with Gasteiger partial charge < -0.3 is 10.1 Å². The Hall–Kier alpha value is -3.90. The number of benzene rings is 3. The first-order valence-electron chi connectivity index (χ1n) is 10.5. The summed E-state index contributed by atoms with van der Waals surface area (Å²) in [5, 5.41) is 10.9. The molecule has 32 heavy (non-hydrogen) atoms. The zero-order valence-corrected chi connectivity index (χ0v) is 18.2. The summed E-state index contributed by atoms with van der Waals surface area (Å²) >= 11 is 0. The lowest BCUT2D eigenvalue weighted by Gasteiger charge is -2.20. The predicted octanol–water partition coefficient (Wildman–Crippen LogP) is 4.51. The Morgan fingerprint density at radius 1 is 0.938 bits per heavy atom. The zero-order chi connectivity index (χ0) is 22.3. The molecule has 0 bridgehead atoms. The van der Waals surface area contributed by atoms with E-state index in [9.17, 15) is 4.79 Å². The third kappa shape index (κ3) is 5.04. The number of nitrogens with one attached hydrogen (secondary N) is 2. The van der Waals surface area contributed by atoms with Crippen LogP contribution in [0.2, 0.25) is 0 Å². The second-order valence-electron chi connectivity index (χ2n) is 7.46. The average Bonchev–Trinajstić information content (AvgIpc) is 3.20. The number of aryl methyl sites for hydroxylation is 1. The second-order valence-corrected chi connectivity index (χ2v) is 7.46. The van der Waals surface area contributed by atoms with Gasteiger partial charge in [0, 0.05) is 6.07 Å². The van der Waals surface area contributed by atoms with Crippen LogP contribution in [-0.4, -0.2) is 29.3 Å². The zero-order valence-electron chi connectivity index (χ0n) is 18.2. The molecule has 0 fully saturated rings. The summed E-state index contributed by atoms with van der Waals surface area (Å²) in [7, 11) is 1.65. The number of hydrogen-bond donors (Lipinski definition) is 2. The second kappa shape index (κ2) is 9.94. The Labute approximate surface area is 187 Å². The highest BCUT2D eigenvalue weighted by molar-refractivity contribution is 5.91. The van der Waals surface area contributed by atoms with Crippen molar-refractivity contribution in [3.8, 4) is 11.4 Å². The maximum Gasteiger partial charge on any atom is 0.239 e. The molecule has 1 aromatic heterocycles. The van der Waals surface area contributed by atoms with Crippen LogP contribution >= 0.6 is 0 Å². The highest BCUT2D eigenvalue weighted by Gasteiger charge is 2.16. The Balaban J connectivity index is 1.50. The van der Waals surface area contributed by atoms with Crippen molar-refractivity contribution in [2.24, 2.45) is 0 Å². The SMILES string of the molecule is COc1ccc([C@@H](NCC(=O)Nc2cc(C)nn2-c2ccccc2)c2ccccc2)cc1. The molecular formula is C26H26N4O2. The number of anilines is 1. The van der Waals surface area contributed by atoms with Crippen LogP contribution in [0.5, 0.6) is 5.75 Å². The van der Waals surface area contributed by atoms with Crippen molar-refractivity contribution in [3.63, 3.8) is 0 Å². The van der Waals surface area contributed by atoms with E-state index >= 15 is 0 Å². The predicted molar refractivity (Wildman–Crippen MR) is 126 cm³/mol. The van der Waals surface area contributed by atoms with Crippen molar-refractivity contribution in [2.45, 2.75) is 13.0 Å². The van der Waals surface area contributed by atoms with Crippen molar-refractivity contribution in [1.82, 2.24) is 15.1 Å². The molecule has 6 heteroatoms. The van der Waals surface area contributed by atoms with Gasteiger partial charge in [0.1, 0.15) is 11.6 Å². The molecule has 0 aliphatic rings. The average molecular weight is 427 g/mol. The lowest BCUT2D eigenvalue weighted by Crippen LogP contribution is -2.32. The van der Waals surface area contributed by atoms with Crippen molar-refractivity contribution in [1.29, 1.82) is 0 Å². The summed E-state index contributed by atoms with van der Waals surface area (Å²) in [5.74, 6) is 1.29. The van der Waals surface area contributed by atoms with Gasteiger partial charge in [-0.2, -0.15) is 5.10 Å². The van der Waals surface area contributed by atoms with Gasteiger partial charge in [0.15, 0.2) is 0 Å². The van der Waals surface area contributed by atoms with E-state index in [2.05, 4.69) is 15.7 Å². The van der Waals surface area contributed by atoms with Crippen molar-refractivity contribution in [2.75, 3.05) is 19.0 Å². The fraction of sp³-hybridized carbons (Fsp3) is 0.154. The smallest absolute Gasteiger partial charge is 0.239 e. The number of carbonyl (C=O) groups is 1. The van der Waals surface area contributed by atoms with Gasteiger partial charge in [-0.3, -0.25) is 10.1 Å². The number of ether oxygens (including phenoxy) is 1. The number of carbonyl (C=O) groups excluding carboxylic acids is 1. The van der Waals surface area contributed by atoms with Gasteiger partial charge in [-0.1, -0.05) is 60.7 Å². The van der Waals surface area contributed by atoms with Gasteiger partial charge >= 0.3 is 0 Å². The van der Waals surface area contributed by atoms with Crippen LogP contribution in [0.15, 0.2) is 91.0 Å². The minimum absolute atomic E-state index is 0.131. The number of methoxy groups -OCH3 is 1. The van der Waals surface area contributed by atoms with E-state index in [1.165, 1.54) is 0 Å². The van der Waals surface area contributed by atoms with Gasteiger partial charge in [0.25, 0.3) is 0 Å². The van der Waals surface area contributed by atoms with Gasteiger partial charge in [0.05, 0.1) is 31.1 Å². The topological polar surface area (TPSA) is 68.2 Å². The van der Waals surface area contributed by atoms with Gasteiger partial charge in [0.2, 0.25) is 5.91 Å². The molecule has 3 aromatic carbocycles. The Bertz CT molecular complexity index is 1160. The van der Waals surface area contributed by atoms with Crippen LogP contribution in [0.3, 0.4) is 0 Å². The summed E-state index contributed by atoms with van der Waals surface area (Å²) in [6.07, 6.45) is 0. The number of amides is 1. The fourth-order valence-corrected chi connectivity index (χ4v) is 3.61. The fourth-order valence-electron chi connectivity index (χ4n) is 3.61. The monoisotopic (exact) mass is 426 g/mol. The minimum Gasteiger partial charge on any atom is -0.497 e. The normalized spacial score (nSPS) is 11.7. The molecule has 6 nitrogen and oxygen atoms in total. The molecule has 1 atom stereocenters. The van der Waals surface area contributed by atoms with E-state index in [0.717, 1.165) is 28.3 Å². The highest BCUT2D eigenvalue weighted by atomic mass is 16.5. The maximum absolute atomic E-state index is 12.8. The van der Waals surface area contributed by atoms with E-state index in [1.807, 2.05) is 97.9 Å². The first-order chi connectivity index (χ1) is 15.6. The van der Waals surface area contributed by atoms with Crippen LogP contribution in [-0.2, 0) is 4.79 Å². The first-order valence-corrected chi connectivity index (χ1v) is 10.5. The molecule has 162 valence electrons. The van der Waals surface area contributed by atoms with Crippen molar-refractivity contribution >= 4 is 11.7 Å². The summed E-state index contributed by atoms with van der Waals surface area (Å²) in [5.41, 5.74) is 3.85. The third-order valence-corrected chi connectivity index (χ3v) is 5.15. The molecule has 4 aromatic rings. The van der Waals surface area contributed by atoms with Gasteiger partial charge in [-0.05, 0) is 42.3 Å². The Morgan fingerprint density at radius 3 is 2.22 bits per heavy atom. The first kappa shape index (κ1) is 21.3. The minimum atomic E-state index is -0.142. The molecule has 2 N–H and O–H groups in total. The van der Waals surface area contributed by atoms with Gasteiger partial charge in [-0.25, -0.2) is 4.68 Å². The molecule has 0 aliphatic heterocycles. The van der Waals surface area contributed by atoms with E-state index in [0.29, 0.717) is 5.82 Å². The van der Waals surface area contributed by atoms with E-state index in [4.69, 9.17) is 4.74 Å². The maximum atomic E-state index is 12.8. The van der Waals surface area contributed by atoms with E-state index in [-0.39, 0.29) is 18.5 Å². The van der Waals surface area contributed by atoms with E-state index in [1.54, 1.807) is 11.8 Å². The molecule has 1 heterocycles. The molecule has 0 spiro atoms. The molecule has 0 aliphatic carbocycles. The number of para-hydroxylation sites is 1. The van der Waals surface area contributed by atoms with E-state index < -0.39 is 0 Å². The highest BCUT2D eigenvalue weighted by Crippen LogP contribution is 2.24. The van der Waals surface area contributed by atoms with Crippen LogP contribution in [0.25, 0.3) is 5.69 Å². The third-order valence-electron chi connectivity index (χ3n) is 5.15. The van der Waals surface area contributed by atoms with Crippen LogP contribution in [0.4, 0.5) is 5.82 Å². The Morgan fingerprint density at radius 2 is 1.56 bits per heavy atom. The number of nitrogens with zero attached hydrogens (tertiary/aromatic N) is 2. The Kier molecular flexibility index (Phi) is 6.63. The number of aromatic nitrogens is 2. The summed E-state index contributed by atoms with van der Waals surface area (Å²) in [6, 6.07) is 29.4. The van der Waals surface area contributed by atoms with Crippen molar-refractivity contribution in [3.05, 3.63) is 108 Å². The van der Waals surface area contributed by atoms with Crippen LogP contribution < -0.4 is 15.4 Å². The molecule has 0 saturated carbocycles. The molecule has 1 amide bonds. The number of hydrogen-bond acceptors (Lipinski definition) is 4. The molecule has 0 saturated heterocycles. The molecule has 0 radical (unpaired) electrons. The van der Waals surface area contributed by atoms with Gasteiger partial charge in [-0.15, -0.1) is 0 Å². The molecule has 0 unspecified atom stereocenters. The molecular weight excluding hydrogens is 400 g/mol. The quantitative estimate of drug-likeness (QED) is 0.435. The summed E-state index contributed by atoms with van der Waals surface area (Å²) in [6.45, 7) is 2.05. The number of rotatable bonds is 8. The standard InChI is InChI=1S/C26H26N4O2/c1-19-17-24(30(29-19)22-11-7-4-8-12-22)28-25(31)18-27-26(20-9-5-3-6-10-20)21-13-15-23(32-2)16-14-21/h3-17,26-27H,18H2,1-2H3,(H,28,31)/t26-/m0/s1. The largest absolute Gasteiger partial charge is 0.497 e. The van der Waals surface area contributed by atoms with Crippen LogP contribution in [0.1, 0.15) is 22.9 Å². The van der Waals surface area contributed by atoms with Crippen molar-refractivity contribution < 1.29 is 9.53 Å². The lowest BCUT2D eigenvalue weighted by molar-refractivity contribution is -0.115. The summed E-state index contributed by atoms with van der Waals surface area (Å²) in [4.78, 5) is 12.8.